The molecule has 1 N–H and O–H groups in total. The standard InChI is InChI=1S/C18H23N3OS/c1-12-15(10-19-20-12)17-9-14(11-23-17)18(22)21-8-4-6-13-5-2-3-7-16(13)21/h9-11,13,16H,2-8H2,1H3,(H,19,20). The van der Waals surface area contributed by atoms with Gasteiger partial charge in [-0.25, -0.2) is 0 Å². The third kappa shape index (κ3) is 2.71. The lowest BCUT2D eigenvalue weighted by atomic mass is 9.78. The molecule has 3 heterocycles. The lowest BCUT2D eigenvalue weighted by Crippen LogP contribution is -2.49. The number of piperidine rings is 1. The average Bonchev–Trinajstić information content (AvgIpc) is 3.22. The first-order valence-electron chi connectivity index (χ1n) is 8.64. The van der Waals surface area contributed by atoms with Crippen LogP contribution in [0, 0.1) is 12.8 Å². The molecule has 4 rings (SSSR count). The molecule has 5 heteroatoms. The van der Waals surface area contributed by atoms with Crippen molar-refractivity contribution in [2.75, 3.05) is 6.54 Å². The molecule has 2 unspecified atom stereocenters. The number of nitrogens with one attached hydrogen (secondary N) is 1. The molecule has 1 aliphatic carbocycles. The summed E-state index contributed by atoms with van der Waals surface area (Å²) in [5.41, 5.74) is 2.93. The zero-order valence-corrected chi connectivity index (χ0v) is 14.4. The average molecular weight is 329 g/mol. The summed E-state index contributed by atoms with van der Waals surface area (Å²) < 4.78 is 0. The van der Waals surface area contributed by atoms with E-state index in [1.54, 1.807) is 11.3 Å². The van der Waals surface area contributed by atoms with Gasteiger partial charge >= 0.3 is 0 Å². The van der Waals surface area contributed by atoms with Crippen molar-refractivity contribution in [2.45, 2.75) is 51.5 Å². The monoisotopic (exact) mass is 329 g/mol. The number of carbonyl (C=O) groups is 1. The molecule has 1 saturated carbocycles. The number of amides is 1. The first-order valence-corrected chi connectivity index (χ1v) is 9.52. The van der Waals surface area contributed by atoms with Crippen molar-refractivity contribution < 1.29 is 4.79 Å². The van der Waals surface area contributed by atoms with Crippen LogP contribution in [-0.2, 0) is 0 Å². The normalized spacial score (nSPS) is 24.5. The van der Waals surface area contributed by atoms with Gasteiger partial charge in [0.2, 0.25) is 0 Å². The summed E-state index contributed by atoms with van der Waals surface area (Å²) in [4.78, 5) is 16.3. The minimum Gasteiger partial charge on any atom is -0.335 e. The van der Waals surface area contributed by atoms with Gasteiger partial charge in [0.15, 0.2) is 0 Å². The molecule has 0 radical (unpaired) electrons. The van der Waals surface area contributed by atoms with Crippen molar-refractivity contribution in [3.05, 3.63) is 28.9 Å². The number of hydrogen-bond acceptors (Lipinski definition) is 3. The van der Waals surface area contributed by atoms with E-state index in [1.165, 1.54) is 32.1 Å². The summed E-state index contributed by atoms with van der Waals surface area (Å²) in [5.74, 6) is 0.959. The van der Waals surface area contributed by atoms with Crippen molar-refractivity contribution in [3.63, 3.8) is 0 Å². The number of aryl methyl sites for hydroxylation is 1. The van der Waals surface area contributed by atoms with E-state index in [0.29, 0.717) is 6.04 Å². The summed E-state index contributed by atoms with van der Waals surface area (Å²) in [6, 6.07) is 2.51. The Bertz CT molecular complexity index is 703. The molecule has 23 heavy (non-hydrogen) atoms. The van der Waals surface area contributed by atoms with E-state index in [0.717, 1.165) is 40.6 Å². The van der Waals surface area contributed by atoms with E-state index in [-0.39, 0.29) is 5.91 Å². The topological polar surface area (TPSA) is 49.0 Å². The van der Waals surface area contributed by atoms with Crippen LogP contribution in [0.3, 0.4) is 0 Å². The number of nitrogens with zero attached hydrogens (tertiary/aromatic N) is 2. The number of carbonyl (C=O) groups excluding carboxylic acids is 1. The van der Waals surface area contributed by atoms with Gasteiger partial charge in [-0.15, -0.1) is 11.3 Å². The molecule has 1 aliphatic heterocycles. The lowest BCUT2D eigenvalue weighted by Gasteiger charge is -2.44. The van der Waals surface area contributed by atoms with Crippen molar-refractivity contribution in [1.29, 1.82) is 0 Å². The number of aromatic amines is 1. The Balaban J connectivity index is 1.57. The van der Waals surface area contributed by atoms with E-state index < -0.39 is 0 Å². The predicted molar refractivity (Wildman–Crippen MR) is 92.7 cm³/mol. The molecule has 2 aliphatic rings. The smallest absolute Gasteiger partial charge is 0.254 e. The van der Waals surface area contributed by atoms with Gasteiger partial charge in [0, 0.05) is 34.6 Å². The quantitative estimate of drug-likeness (QED) is 0.896. The van der Waals surface area contributed by atoms with E-state index in [2.05, 4.69) is 15.1 Å². The molecule has 0 spiro atoms. The lowest BCUT2D eigenvalue weighted by molar-refractivity contribution is 0.0391. The Morgan fingerprint density at radius 1 is 1.30 bits per heavy atom. The molecule has 4 nitrogen and oxygen atoms in total. The number of likely N-dealkylation sites (tertiary alicyclic amines) is 1. The van der Waals surface area contributed by atoms with Crippen molar-refractivity contribution in [1.82, 2.24) is 15.1 Å². The van der Waals surface area contributed by atoms with Gasteiger partial charge in [-0.2, -0.15) is 5.10 Å². The minimum absolute atomic E-state index is 0.227. The molecule has 0 aromatic carbocycles. The summed E-state index contributed by atoms with van der Waals surface area (Å²) in [5, 5.41) is 9.08. The molecule has 2 aromatic rings. The van der Waals surface area contributed by atoms with Crippen LogP contribution in [0.4, 0.5) is 0 Å². The predicted octanol–water partition coefficient (Wildman–Crippen LogP) is 4.24. The molecule has 1 saturated heterocycles. The number of rotatable bonds is 2. The maximum absolute atomic E-state index is 13.0. The highest BCUT2D eigenvalue weighted by Crippen LogP contribution is 2.37. The Hall–Kier alpha value is -1.62. The molecule has 2 aromatic heterocycles. The number of fused-ring (bicyclic) bond motifs is 1. The fourth-order valence-electron chi connectivity index (χ4n) is 4.24. The molecule has 1 amide bonds. The van der Waals surface area contributed by atoms with Gasteiger partial charge < -0.3 is 4.90 Å². The van der Waals surface area contributed by atoms with Gasteiger partial charge in [-0.3, -0.25) is 9.89 Å². The fraction of sp³-hybridized carbons (Fsp3) is 0.556. The van der Waals surface area contributed by atoms with Gasteiger partial charge in [-0.1, -0.05) is 12.8 Å². The molecule has 2 atom stereocenters. The summed E-state index contributed by atoms with van der Waals surface area (Å²) in [6.45, 7) is 2.92. The van der Waals surface area contributed by atoms with Gasteiger partial charge in [-0.05, 0) is 44.6 Å². The third-order valence-electron chi connectivity index (χ3n) is 5.45. The van der Waals surface area contributed by atoms with Crippen molar-refractivity contribution in [3.8, 4) is 10.4 Å². The Morgan fingerprint density at radius 2 is 2.13 bits per heavy atom. The zero-order chi connectivity index (χ0) is 15.8. The number of aromatic nitrogens is 2. The van der Waals surface area contributed by atoms with Crippen molar-refractivity contribution in [2.24, 2.45) is 5.92 Å². The largest absolute Gasteiger partial charge is 0.335 e. The van der Waals surface area contributed by atoms with Crippen LogP contribution in [0.15, 0.2) is 17.6 Å². The van der Waals surface area contributed by atoms with Crippen molar-refractivity contribution >= 4 is 17.2 Å². The zero-order valence-electron chi connectivity index (χ0n) is 13.5. The van der Waals surface area contributed by atoms with Crippen LogP contribution in [0.2, 0.25) is 0 Å². The second-order valence-corrected chi connectivity index (χ2v) is 7.75. The first-order chi connectivity index (χ1) is 11.2. The summed E-state index contributed by atoms with van der Waals surface area (Å²) >= 11 is 1.64. The molecule has 2 fully saturated rings. The number of thiophene rings is 1. The Morgan fingerprint density at radius 3 is 2.96 bits per heavy atom. The van der Waals surface area contributed by atoms with Crippen LogP contribution in [0.5, 0.6) is 0 Å². The highest BCUT2D eigenvalue weighted by atomic mass is 32.1. The van der Waals surface area contributed by atoms with Crippen LogP contribution in [-0.4, -0.2) is 33.6 Å². The molecular weight excluding hydrogens is 306 g/mol. The third-order valence-corrected chi connectivity index (χ3v) is 6.41. The van der Waals surface area contributed by atoms with Crippen LogP contribution in [0.1, 0.15) is 54.6 Å². The van der Waals surface area contributed by atoms with E-state index in [4.69, 9.17) is 0 Å². The maximum atomic E-state index is 13.0. The second-order valence-electron chi connectivity index (χ2n) is 6.84. The Labute approximate surface area is 140 Å². The van der Waals surface area contributed by atoms with E-state index in [1.807, 2.05) is 24.6 Å². The first kappa shape index (κ1) is 14.9. The Kier molecular flexibility index (Phi) is 3.97. The van der Waals surface area contributed by atoms with Crippen LogP contribution >= 0.6 is 11.3 Å². The van der Waals surface area contributed by atoms with Crippen LogP contribution in [0.25, 0.3) is 10.4 Å². The van der Waals surface area contributed by atoms with E-state index >= 15 is 0 Å². The van der Waals surface area contributed by atoms with Gasteiger partial charge in [0.05, 0.1) is 11.3 Å². The van der Waals surface area contributed by atoms with Gasteiger partial charge in [0.1, 0.15) is 0 Å². The molecule has 0 bridgehead atoms. The summed E-state index contributed by atoms with van der Waals surface area (Å²) in [6.07, 6.45) is 9.47. The summed E-state index contributed by atoms with van der Waals surface area (Å²) in [7, 11) is 0. The SMILES string of the molecule is Cc1n[nH]cc1-c1cc(C(=O)N2CCCC3CCCCC32)cs1. The van der Waals surface area contributed by atoms with Crippen LogP contribution < -0.4 is 0 Å². The highest BCUT2D eigenvalue weighted by molar-refractivity contribution is 7.13. The fourth-order valence-corrected chi connectivity index (χ4v) is 5.19. The van der Waals surface area contributed by atoms with E-state index in [9.17, 15) is 4.79 Å². The maximum Gasteiger partial charge on any atom is 0.254 e. The highest BCUT2D eigenvalue weighted by Gasteiger charge is 2.36. The molecule has 122 valence electrons. The number of H-pyrrole nitrogens is 1. The van der Waals surface area contributed by atoms with Gasteiger partial charge in [0.25, 0.3) is 5.91 Å². The minimum atomic E-state index is 0.227. The number of hydrogen-bond donors (Lipinski definition) is 1. The molecular formula is C18H23N3OS. The second kappa shape index (κ2) is 6.11.